The lowest BCUT2D eigenvalue weighted by Crippen LogP contribution is -2.36. The van der Waals surface area contributed by atoms with Gasteiger partial charge in [-0.3, -0.25) is 0 Å². The van der Waals surface area contributed by atoms with Gasteiger partial charge in [-0.1, -0.05) is 26.8 Å². The highest BCUT2D eigenvalue weighted by Gasteiger charge is 2.16. The molecule has 21 heavy (non-hydrogen) atoms. The van der Waals surface area contributed by atoms with Gasteiger partial charge in [0.1, 0.15) is 11.6 Å². The number of nitrogens with one attached hydrogen (secondary N) is 1. The number of rotatable bonds is 10. The van der Waals surface area contributed by atoms with Crippen LogP contribution < -0.4 is 5.32 Å². The van der Waals surface area contributed by atoms with Gasteiger partial charge >= 0.3 is 0 Å². The molecule has 2 nitrogen and oxygen atoms in total. The van der Waals surface area contributed by atoms with Gasteiger partial charge in [-0.2, -0.15) is 0 Å². The van der Waals surface area contributed by atoms with Crippen molar-refractivity contribution in [3.05, 3.63) is 35.4 Å². The second kappa shape index (κ2) is 9.85. The fourth-order valence-corrected chi connectivity index (χ4v) is 2.48. The van der Waals surface area contributed by atoms with Gasteiger partial charge in [0.15, 0.2) is 0 Å². The highest BCUT2D eigenvalue weighted by molar-refractivity contribution is 5.20. The molecular formula is C17H28F2N2. The molecule has 120 valence electrons. The molecule has 0 aliphatic rings. The number of halogens is 2. The van der Waals surface area contributed by atoms with E-state index in [9.17, 15) is 8.78 Å². The maximum atomic E-state index is 13.8. The molecule has 0 fully saturated rings. The van der Waals surface area contributed by atoms with E-state index in [2.05, 4.69) is 31.0 Å². The lowest BCUT2D eigenvalue weighted by molar-refractivity contribution is 0.279. The molecule has 1 unspecified atom stereocenters. The first-order chi connectivity index (χ1) is 10.1. The van der Waals surface area contributed by atoms with Crippen LogP contribution in [0.4, 0.5) is 8.78 Å². The first-order valence-corrected chi connectivity index (χ1v) is 8.00. The van der Waals surface area contributed by atoms with Crippen molar-refractivity contribution < 1.29 is 8.78 Å². The number of benzene rings is 1. The first-order valence-electron chi connectivity index (χ1n) is 8.00. The Labute approximate surface area is 127 Å². The second-order valence-corrected chi connectivity index (χ2v) is 5.37. The molecular weight excluding hydrogens is 270 g/mol. The SMILES string of the molecule is CCCNC(CCN(CC)CC)Cc1c(F)cccc1F. The molecule has 0 saturated carbocycles. The Hall–Kier alpha value is -1.00. The first kappa shape index (κ1) is 18.1. The molecule has 1 atom stereocenters. The highest BCUT2D eigenvalue weighted by atomic mass is 19.1. The Balaban J connectivity index is 2.68. The van der Waals surface area contributed by atoms with E-state index >= 15 is 0 Å². The molecule has 4 heteroatoms. The van der Waals surface area contributed by atoms with Crippen molar-refractivity contribution in [2.75, 3.05) is 26.2 Å². The van der Waals surface area contributed by atoms with Crippen LogP contribution in [0.2, 0.25) is 0 Å². The Morgan fingerprint density at radius 2 is 1.71 bits per heavy atom. The highest BCUT2D eigenvalue weighted by Crippen LogP contribution is 2.15. The van der Waals surface area contributed by atoms with E-state index in [0.29, 0.717) is 6.42 Å². The lowest BCUT2D eigenvalue weighted by atomic mass is 10.0. The standard InChI is InChI=1S/C17H28F2N2/c1-4-11-20-14(10-12-21(5-2)6-3)13-15-16(18)8-7-9-17(15)19/h7-9,14,20H,4-6,10-13H2,1-3H3. The molecule has 0 aliphatic carbocycles. The zero-order chi connectivity index (χ0) is 15.7. The topological polar surface area (TPSA) is 15.3 Å². The molecule has 0 aromatic heterocycles. The molecule has 1 aromatic rings. The average molecular weight is 298 g/mol. The summed E-state index contributed by atoms with van der Waals surface area (Å²) in [7, 11) is 0. The molecule has 0 radical (unpaired) electrons. The van der Waals surface area contributed by atoms with Gasteiger partial charge in [0.25, 0.3) is 0 Å². The van der Waals surface area contributed by atoms with Crippen molar-refractivity contribution in [3.63, 3.8) is 0 Å². The van der Waals surface area contributed by atoms with Crippen LogP contribution in [0.5, 0.6) is 0 Å². The molecule has 0 bridgehead atoms. The molecule has 0 amide bonds. The van der Waals surface area contributed by atoms with Crippen molar-refractivity contribution in [1.82, 2.24) is 10.2 Å². The van der Waals surface area contributed by atoms with Crippen LogP contribution in [0.1, 0.15) is 39.2 Å². The summed E-state index contributed by atoms with van der Waals surface area (Å²) in [6.07, 6.45) is 2.32. The molecule has 1 aromatic carbocycles. The summed E-state index contributed by atoms with van der Waals surface area (Å²) < 4.78 is 27.6. The van der Waals surface area contributed by atoms with Crippen molar-refractivity contribution in [2.45, 2.75) is 46.1 Å². The lowest BCUT2D eigenvalue weighted by Gasteiger charge is -2.24. The quantitative estimate of drug-likeness (QED) is 0.710. The summed E-state index contributed by atoms with van der Waals surface area (Å²) in [5.41, 5.74) is 0.200. The van der Waals surface area contributed by atoms with E-state index in [1.807, 2.05) is 0 Å². The third-order valence-electron chi connectivity index (χ3n) is 3.88. The Bertz CT molecular complexity index is 386. The van der Waals surface area contributed by atoms with Gasteiger partial charge < -0.3 is 10.2 Å². The van der Waals surface area contributed by atoms with Gasteiger partial charge in [0, 0.05) is 11.6 Å². The average Bonchev–Trinajstić information content (AvgIpc) is 2.48. The van der Waals surface area contributed by atoms with E-state index in [4.69, 9.17) is 0 Å². The zero-order valence-electron chi connectivity index (χ0n) is 13.5. The second-order valence-electron chi connectivity index (χ2n) is 5.37. The van der Waals surface area contributed by atoms with Crippen molar-refractivity contribution >= 4 is 0 Å². The smallest absolute Gasteiger partial charge is 0.129 e. The van der Waals surface area contributed by atoms with E-state index in [0.717, 1.165) is 39.0 Å². The van der Waals surface area contributed by atoms with E-state index in [-0.39, 0.29) is 11.6 Å². The normalized spacial score (nSPS) is 12.9. The van der Waals surface area contributed by atoms with Crippen LogP contribution in [0, 0.1) is 11.6 Å². The predicted octanol–water partition coefficient (Wildman–Crippen LogP) is 3.61. The minimum atomic E-state index is -0.443. The van der Waals surface area contributed by atoms with Gasteiger partial charge in [-0.05, 0) is 57.6 Å². The number of nitrogens with zero attached hydrogens (tertiary/aromatic N) is 1. The molecule has 0 spiro atoms. The Morgan fingerprint density at radius 3 is 2.24 bits per heavy atom. The maximum absolute atomic E-state index is 13.8. The van der Waals surface area contributed by atoms with Crippen LogP contribution in [0.15, 0.2) is 18.2 Å². The summed E-state index contributed by atoms with van der Waals surface area (Å²) in [4.78, 5) is 2.33. The van der Waals surface area contributed by atoms with Crippen molar-refractivity contribution in [2.24, 2.45) is 0 Å². The fraction of sp³-hybridized carbons (Fsp3) is 0.647. The minimum Gasteiger partial charge on any atom is -0.314 e. The van der Waals surface area contributed by atoms with Crippen LogP contribution in [-0.4, -0.2) is 37.1 Å². The molecule has 0 heterocycles. The van der Waals surface area contributed by atoms with Gasteiger partial charge in [-0.15, -0.1) is 0 Å². The monoisotopic (exact) mass is 298 g/mol. The van der Waals surface area contributed by atoms with Crippen LogP contribution in [-0.2, 0) is 6.42 Å². The predicted molar refractivity (Wildman–Crippen MR) is 84.5 cm³/mol. The fourth-order valence-electron chi connectivity index (χ4n) is 2.48. The Morgan fingerprint density at radius 1 is 1.10 bits per heavy atom. The third kappa shape index (κ3) is 6.10. The van der Waals surface area contributed by atoms with Gasteiger partial charge in [0.2, 0.25) is 0 Å². The molecule has 1 N–H and O–H groups in total. The third-order valence-corrected chi connectivity index (χ3v) is 3.88. The Kier molecular flexibility index (Phi) is 8.47. The molecule has 0 saturated heterocycles. The van der Waals surface area contributed by atoms with Gasteiger partial charge in [-0.25, -0.2) is 8.78 Å². The van der Waals surface area contributed by atoms with Crippen LogP contribution in [0.25, 0.3) is 0 Å². The number of hydrogen-bond donors (Lipinski definition) is 1. The van der Waals surface area contributed by atoms with Crippen LogP contribution >= 0.6 is 0 Å². The summed E-state index contributed by atoms with van der Waals surface area (Å²) in [6.45, 7) is 10.2. The van der Waals surface area contributed by atoms with Crippen molar-refractivity contribution in [3.8, 4) is 0 Å². The van der Waals surface area contributed by atoms with E-state index < -0.39 is 11.6 Å². The zero-order valence-corrected chi connectivity index (χ0v) is 13.5. The van der Waals surface area contributed by atoms with E-state index in [1.54, 1.807) is 0 Å². The van der Waals surface area contributed by atoms with Crippen molar-refractivity contribution in [1.29, 1.82) is 0 Å². The minimum absolute atomic E-state index is 0.108. The molecule has 1 rings (SSSR count). The van der Waals surface area contributed by atoms with Gasteiger partial charge in [0.05, 0.1) is 0 Å². The van der Waals surface area contributed by atoms with Crippen LogP contribution in [0.3, 0.4) is 0 Å². The largest absolute Gasteiger partial charge is 0.314 e. The summed E-state index contributed by atoms with van der Waals surface area (Å²) in [5, 5.41) is 3.42. The molecule has 0 aliphatic heterocycles. The summed E-state index contributed by atoms with van der Waals surface area (Å²) in [5.74, 6) is -0.887. The number of hydrogen-bond acceptors (Lipinski definition) is 2. The summed E-state index contributed by atoms with van der Waals surface area (Å²) in [6, 6.07) is 4.19. The maximum Gasteiger partial charge on any atom is 0.129 e. The van der Waals surface area contributed by atoms with E-state index in [1.165, 1.54) is 18.2 Å². The summed E-state index contributed by atoms with van der Waals surface area (Å²) >= 11 is 0.